The number of ether oxygens (including phenoxy) is 2. The predicted molar refractivity (Wildman–Crippen MR) is 111 cm³/mol. The van der Waals surface area contributed by atoms with Crippen LogP contribution >= 0.6 is 0 Å². The Morgan fingerprint density at radius 2 is 1.86 bits per heavy atom. The Labute approximate surface area is 172 Å². The number of rotatable bonds is 12. The van der Waals surface area contributed by atoms with Crippen LogP contribution in [0.5, 0.6) is 0 Å². The Bertz CT molecular complexity index is 690. The van der Waals surface area contributed by atoms with E-state index in [9.17, 15) is 14.4 Å². The van der Waals surface area contributed by atoms with Crippen LogP contribution in [0, 0.1) is 5.92 Å². The molecule has 1 unspecified atom stereocenters. The molecule has 0 aromatic heterocycles. The molecule has 0 bridgehead atoms. The number of carbonyl (C=O) groups excluding carboxylic acids is 3. The first kappa shape index (κ1) is 24.4. The number of amides is 1. The van der Waals surface area contributed by atoms with Gasteiger partial charge >= 0.3 is 11.9 Å². The maximum absolute atomic E-state index is 12.8. The minimum atomic E-state index is -1.96. The van der Waals surface area contributed by atoms with Crippen LogP contribution in [-0.2, 0) is 30.5 Å². The van der Waals surface area contributed by atoms with Gasteiger partial charge in [-0.1, -0.05) is 63.6 Å². The molecule has 160 valence electrons. The van der Waals surface area contributed by atoms with Crippen LogP contribution in [0.3, 0.4) is 0 Å². The highest BCUT2D eigenvalue weighted by Crippen LogP contribution is 2.14. The van der Waals surface area contributed by atoms with E-state index in [4.69, 9.17) is 15.2 Å². The minimum absolute atomic E-state index is 0.0816. The number of hydrogen-bond donors (Lipinski definition) is 2. The molecule has 0 aliphatic heterocycles. The van der Waals surface area contributed by atoms with E-state index in [-0.39, 0.29) is 25.6 Å². The Balaban J connectivity index is 2.84. The van der Waals surface area contributed by atoms with Gasteiger partial charge in [0.2, 0.25) is 0 Å². The maximum Gasteiger partial charge on any atom is 0.336 e. The van der Waals surface area contributed by atoms with E-state index in [1.54, 1.807) is 13.8 Å². The Kier molecular flexibility index (Phi) is 10.1. The van der Waals surface area contributed by atoms with Crippen LogP contribution in [-0.4, -0.2) is 36.0 Å². The lowest BCUT2D eigenvalue weighted by molar-refractivity contribution is -0.157. The normalized spacial score (nSPS) is 13.8. The van der Waals surface area contributed by atoms with Crippen molar-refractivity contribution in [1.82, 2.24) is 5.32 Å². The molecule has 7 nitrogen and oxygen atoms in total. The average molecular weight is 405 g/mol. The first-order valence-corrected chi connectivity index (χ1v) is 9.84. The Hall–Kier alpha value is -2.67. The molecule has 0 saturated heterocycles. The zero-order valence-electron chi connectivity index (χ0n) is 17.5. The van der Waals surface area contributed by atoms with Gasteiger partial charge in [-0.2, -0.15) is 0 Å². The molecular formula is C22H32N2O5. The van der Waals surface area contributed by atoms with E-state index >= 15 is 0 Å². The first-order chi connectivity index (χ1) is 13.8. The number of nitrogens with two attached hydrogens (primary N) is 1. The summed E-state index contributed by atoms with van der Waals surface area (Å²) >= 11 is 0. The molecule has 1 amide bonds. The van der Waals surface area contributed by atoms with Crippen molar-refractivity contribution in [2.75, 3.05) is 6.61 Å². The quantitative estimate of drug-likeness (QED) is 0.240. The summed E-state index contributed by atoms with van der Waals surface area (Å²) < 4.78 is 10.5. The third-order valence-corrected chi connectivity index (χ3v) is 4.40. The summed E-state index contributed by atoms with van der Waals surface area (Å²) in [6, 6.07) is 8.25. The molecule has 0 spiro atoms. The fourth-order valence-electron chi connectivity index (χ4n) is 2.52. The molecule has 7 heteroatoms. The lowest BCUT2D eigenvalue weighted by Crippen LogP contribution is -2.63. The molecule has 0 heterocycles. The lowest BCUT2D eigenvalue weighted by atomic mass is 9.93. The zero-order valence-corrected chi connectivity index (χ0v) is 17.5. The second-order valence-electron chi connectivity index (χ2n) is 7.24. The number of esters is 2. The van der Waals surface area contributed by atoms with Gasteiger partial charge in [0.15, 0.2) is 5.54 Å². The third-order valence-electron chi connectivity index (χ3n) is 4.40. The number of carbonyl (C=O) groups is 3. The van der Waals surface area contributed by atoms with Crippen LogP contribution in [0.1, 0.15) is 45.6 Å². The fraction of sp³-hybridized carbons (Fsp3) is 0.500. The maximum atomic E-state index is 12.8. The van der Waals surface area contributed by atoms with Gasteiger partial charge in [-0.05, 0) is 17.9 Å². The molecule has 1 rings (SSSR count). The molecule has 3 N–H and O–H groups in total. The van der Waals surface area contributed by atoms with Crippen molar-refractivity contribution in [3.63, 3.8) is 0 Å². The van der Waals surface area contributed by atoms with Crippen molar-refractivity contribution >= 4 is 17.8 Å². The van der Waals surface area contributed by atoms with E-state index in [2.05, 4.69) is 11.9 Å². The molecule has 1 aromatic rings. The fourth-order valence-corrected chi connectivity index (χ4v) is 2.52. The first-order valence-electron chi connectivity index (χ1n) is 9.84. The lowest BCUT2D eigenvalue weighted by Gasteiger charge is -2.28. The smallest absolute Gasteiger partial charge is 0.336 e. The van der Waals surface area contributed by atoms with E-state index in [0.29, 0.717) is 6.42 Å². The molecule has 29 heavy (non-hydrogen) atoms. The van der Waals surface area contributed by atoms with Crippen molar-refractivity contribution in [3.8, 4) is 0 Å². The Morgan fingerprint density at radius 1 is 1.21 bits per heavy atom. The number of unbranched alkanes of at least 4 members (excludes halogenated alkanes) is 1. The highest BCUT2D eigenvalue weighted by Gasteiger charge is 2.44. The topological polar surface area (TPSA) is 108 Å². The molecule has 0 aliphatic rings. The second-order valence-corrected chi connectivity index (χ2v) is 7.24. The number of hydrogen-bond acceptors (Lipinski definition) is 6. The molecule has 0 fully saturated rings. The van der Waals surface area contributed by atoms with Gasteiger partial charge < -0.3 is 20.5 Å². The summed E-state index contributed by atoms with van der Waals surface area (Å²) in [6.07, 6.45) is 2.76. The van der Waals surface area contributed by atoms with Gasteiger partial charge in [-0.3, -0.25) is 4.79 Å². The molecular weight excluding hydrogens is 372 g/mol. The summed E-state index contributed by atoms with van der Waals surface area (Å²) in [4.78, 5) is 37.8. The van der Waals surface area contributed by atoms with Crippen molar-refractivity contribution in [3.05, 3.63) is 48.6 Å². The summed E-state index contributed by atoms with van der Waals surface area (Å²) in [7, 11) is 0. The van der Waals surface area contributed by atoms with Gasteiger partial charge in [0.25, 0.3) is 5.91 Å². The van der Waals surface area contributed by atoms with Crippen LogP contribution in [0.2, 0.25) is 0 Å². The van der Waals surface area contributed by atoms with Gasteiger partial charge in [0.05, 0.1) is 6.61 Å². The SMILES string of the molecule is C=CCC(N)(C(=O)N[C@H](C(=O)OCc1ccccc1)C(C)C)C(=O)OCCCC. The predicted octanol–water partition coefficient (Wildman–Crippen LogP) is 2.49. The van der Waals surface area contributed by atoms with Crippen LogP contribution in [0.15, 0.2) is 43.0 Å². The molecule has 0 radical (unpaired) electrons. The van der Waals surface area contributed by atoms with Gasteiger partial charge in [-0.15, -0.1) is 6.58 Å². The van der Waals surface area contributed by atoms with Crippen molar-refractivity contribution in [2.24, 2.45) is 11.7 Å². The van der Waals surface area contributed by atoms with Crippen LogP contribution in [0.4, 0.5) is 0 Å². The summed E-state index contributed by atoms with van der Waals surface area (Å²) in [5.41, 5.74) is 4.95. The molecule has 2 atom stereocenters. The summed E-state index contributed by atoms with van der Waals surface area (Å²) in [5.74, 6) is -2.51. The van der Waals surface area contributed by atoms with E-state index in [0.717, 1.165) is 12.0 Å². The Morgan fingerprint density at radius 3 is 2.41 bits per heavy atom. The zero-order chi connectivity index (χ0) is 21.9. The summed E-state index contributed by atoms with van der Waals surface area (Å²) in [5, 5.41) is 2.56. The van der Waals surface area contributed by atoms with Crippen molar-refractivity contribution in [1.29, 1.82) is 0 Å². The number of benzene rings is 1. The van der Waals surface area contributed by atoms with Crippen molar-refractivity contribution < 1.29 is 23.9 Å². The highest BCUT2D eigenvalue weighted by molar-refractivity contribution is 6.08. The summed E-state index contributed by atoms with van der Waals surface area (Å²) in [6.45, 7) is 9.29. The highest BCUT2D eigenvalue weighted by atomic mass is 16.5. The number of nitrogens with one attached hydrogen (secondary N) is 1. The van der Waals surface area contributed by atoms with Gasteiger partial charge in [0, 0.05) is 6.42 Å². The standard InChI is InChI=1S/C22H32N2O5/c1-5-7-14-28-21(27)22(23,13-6-2)20(26)24-18(16(3)4)19(25)29-15-17-11-9-8-10-12-17/h6,8-12,16,18H,2,5,7,13-15,23H2,1,3-4H3,(H,24,26)/t18-,22?/m0/s1. The van der Waals surface area contributed by atoms with Crippen molar-refractivity contribution in [2.45, 2.75) is 58.2 Å². The molecule has 0 saturated carbocycles. The van der Waals surface area contributed by atoms with Crippen LogP contribution in [0.25, 0.3) is 0 Å². The second kappa shape index (κ2) is 12.0. The third kappa shape index (κ3) is 7.34. The minimum Gasteiger partial charge on any atom is -0.464 e. The van der Waals surface area contributed by atoms with E-state index in [1.807, 2.05) is 37.3 Å². The van der Waals surface area contributed by atoms with E-state index in [1.165, 1.54) is 6.08 Å². The van der Waals surface area contributed by atoms with E-state index < -0.39 is 29.4 Å². The van der Waals surface area contributed by atoms with Crippen LogP contribution < -0.4 is 11.1 Å². The average Bonchev–Trinajstić information content (AvgIpc) is 2.70. The molecule has 1 aromatic carbocycles. The largest absolute Gasteiger partial charge is 0.464 e. The van der Waals surface area contributed by atoms with Gasteiger partial charge in [0.1, 0.15) is 12.6 Å². The molecule has 0 aliphatic carbocycles. The monoisotopic (exact) mass is 404 g/mol. The van der Waals surface area contributed by atoms with Gasteiger partial charge in [-0.25, -0.2) is 9.59 Å².